The summed E-state index contributed by atoms with van der Waals surface area (Å²) in [6.45, 7) is 9.14. The molecule has 0 spiro atoms. The molecule has 6 heteroatoms. The summed E-state index contributed by atoms with van der Waals surface area (Å²) in [5.41, 5.74) is 0. The molecule has 0 aliphatic carbocycles. The Morgan fingerprint density at radius 3 is 1.20 bits per heavy atom. The van der Waals surface area contributed by atoms with Gasteiger partial charge in [-0.1, -0.05) is 51.7 Å². The number of carbonyl (C=O) groups excluding carboxylic acids is 2. The lowest BCUT2D eigenvalue weighted by Crippen LogP contribution is -2.06. The van der Waals surface area contributed by atoms with Crippen LogP contribution in [0.5, 0.6) is 0 Å². The monoisotopic (exact) mass is 426 g/mol. The smallest absolute Gasteiger partial charge is 0.305 e. The van der Waals surface area contributed by atoms with Crippen LogP contribution >= 0.6 is 0 Å². The summed E-state index contributed by atoms with van der Waals surface area (Å²) in [5.74, 6) is -0.201. The molecule has 30 heavy (non-hydrogen) atoms. The maximum Gasteiger partial charge on any atom is 0.305 e. The van der Waals surface area contributed by atoms with Crippen molar-refractivity contribution in [1.82, 2.24) is 0 Å². The summed E-state index contributed by atoms with van der Waals surface area (Å²) in [5, 5.41) is 0. The van der Waals surface area contributed by atoms with Gasteiger partial charge in [-0.05, 0) is 38.5 Å². The minimum atomic E-state index is -0.100. The molecule has 0 heterocycles. The van der Waals surface area contributed by atoms with Crippen molar-refractivity contribution in [2.45, 2.75) is 89.9 Å². The van der Waals surface area contributed by atoms with Crippen LogP contribution in [0.3, 0.4) is 0 Å². The molecular formula is C24H42O6. The van der Waals surface area contributed by atoms with Crippen molar-refractivity contribution in [3.8, 4) is 0 Å². The number of esters is 2. The van der Waals surface area contributed by atoms with Gasteiger partial charge >= 0.3 is 11.9 Å². The summed E-state index contributed by atoms with van der Waals surface area (Å²) < 4.78 is 20.4. The lowest BCUT2D eigenvalue weighted by molar-refractivity contribution is -0.144. The van der Waals surface area contributed by atoms with Gasteiger partial charge in [0, 0.05) is 12.8 Å². The Morgan fingerprint density at radius 1 is 0.500 bits per heavy atom. The standard InChI is InChI=1S/C24H42O6/c1-3-27-19-13-15-21-29-23(25)17-11-9-7-5-6-8-10-12-18-24(26)30-22-16-14-20-28-4-2/h3-4H,1-2,5-22H2. The Kier molecular flexibility index (Phi) is 21.8. The van der Waals surface area contributed by atoms with Gasteiger partial charge < -0.3 is 18.9 Å². The highest BCUT2D eigenvalue weighted by molar-refractivity contribution is 5.69. The molecule has 0 unspecified atom stereocenters. The van der Waals surface area contributed by atoms with E-state index in [0.29, 0.717) is 39.3 Å². The zero-order valence-electron chi connectivity index (χ0n) is 18.7. The van der Waals surface area contributed by atoms with Gasteiger partial charge in [0.05, 0.1) is 39.0 Å². The normalized spacial score (nSPS) is 10.3. The number of hydrogen-bond acceptors (Lipinski definition) is 6. The van der Waals surface area contributed by atoms with E-state index in [4.69, 9.17) is 18.9 Å². The van der Waals surface area contributed by atoms with Crippen molar-refractivity contribution in [3.63, 3.8) is 0 Å². The molecule has 0 amide bonds. The first-order chi connectivity index (χ1) is 14.7. The van der Waals surface area contributed by atoms with E-state index in [-0.39, 0.29) is 11.9 Å². The fourth-order valence-electron chi connectivity index (χ4n) is 2.86. The summed E-state index contributed by atoms with van der Waals surface area (Å²) in [7, 11) is 0. The van der Waals surface area contributed by atoms with Gasteiger partial charge in [0.2, 0.25) is 0 Å². The Morgan fingerprint density at radius 2 is 0.833 bits per heavy atom. The lowest BCUT2D eigenvalue weighted by atomic mass is 10.1. The van der Waals surface area contributed by atoms with Crippen LogP contribution in [-0.2, 0) is 28.5 Å². The second kappa shape index (κ2) is 23.3. The van der Waals surface area contributed by atoms with Crippen LogP contribution in [0.15, 0.2) is 25.7 Å². The van der Waals surface area contributed by atoms with Crippen molar-refractivity contribution < 1.29 is 28.5 Å². The van der Waals surface area contributed by atoms with E-state index >= 15 is 0 Å². The van der Waals surface area contributed by atoms with Crippen molar-refractivity contribution in [3.05, 3.63) is 25.7 Å². The molecule has 0 saturated heterocycles. The molecule has 0 aliphatic heterocycles. The first-order valence-electron chi connectivity index (χ1n) is 11.5. The van der Waals surface area contributed by atoms with E-state index in [0.717, 1.165) is 64.2 Å². The van der Waals surface area contributed by atoms with E-state index in [1.807, 2.05) is 0 Å². The third-order valence-corrected chi connectivity index (χ3v) is 4.59. The average molecular weight is 427 g/mol. The molecule has 6 nitrogen and oxygen atoms in total. The summed E-state index contributed by atoms with van der Waals surface area (Å²) in [4.78, 5) is 23.2. The highest BCUT2D eigenvalue weighted by atomic mass is 16.5. The Balaban J connectivity index is 3.24. The molecule has 0 N–H and O–H groups in total. The van der Waals surface area contributed by atoms with Crippen molar-refractivity contribution >= 4 is 11.9 Å². The fraction of sp³-hybridized carbons (Fsp3) is 0.750. The minimum Gasteiger partial charge on any atom is -0.502 e. The maximum atomic E-state index is 11.6. The molecular weight excluding hydrogens is 384 g/mol. The third kappa shape index (κ3) is 22.3. The largest absolute Gasteiger partial charge is 0.502 e. The first kappa shape index (κ1) is 28.0. The van der Waals surface area contributed by atoms with Gasteiger partial charge in [0.25, 0.3) is 0 Å². The average Bonchev–Trinajstić information content (AvgIpc) is 2.74. The van der Waals surface area contributed by atoms with Gasteiger partial charge in [-0.25, -0.2) is 0 Å². The first-order valence-corrected chi connectivity index (χ1v) is 11.5. The van der Waals surface area contributed by atoms with Crippen LogP contribution in [0, 0.1) is 0 Å². The minimum absolute atomic E-state index is 0.100. The molecule has 0 bridgehead atoms. The van der Waals surface area contributed by atoms with Gasteiger partial charge in [-0.3, -0.25) is 9.59 Å². The van der Waals surface area contributed by atoms with Crippen LogP contribution in [0.1, 0.15) is 89.9 Å². The fourth-order valence-corrected chi connectivity index (χ4v) is 2.86. The quantitative estimate of drug-likeness (QED) is 0.116. The Bertz CT molecular complexity index is 395. The van der Waals surface area contributed by atoms with Crippen LogP contribution in [0.2, 0.25) is 0 Å². The van der Waals surface area contributed by atoms with Gasteiger partial charge in [0.15, 0.2) is 0 Å². The molecule has 0 aromatic carbocycles. The number of rotatable bonds is 23. The molecule has 0 aliphatic rings. The van der Waals surface area contributed by atoms with Gasteiger partial charge in [-0.15, -0.1) is 0 Å². The predicted molar refractivity (Wildman–Crippen MR) is 119 cm³/mol. The van der Waals surface area contributed by atoms with E-state index in [2.05, 4.69) is 13.2 Å². The number of hydrogen-bond donors (Lipinski definition) is 0. The highest BCUT2D eigenvalue weighted by Crippen LogP contribution is 2.11. The summed E-state index contributed by atoms with van der Waals surface area (Å²) >= 11 is 0. The summed E-state index contributed by atoms with van der Waals surface area (Å²) in [6, 6.07) is 0. The molecule has 174 valence electrons. The van der Waals surface area contributed by atoms with E-state index in [9.17, 15) is 9.59 Å². The van der Waals surface area contributed by atoms with Crippen molar-refractivity contribution in [1.29, 1.82) is 0 Å². The molecule has 0 saturated carbocycles. The lowest BCUT2D eigenvalue weighted by Gasteiger charge is -2.06. The second-order valence-electron chi connectivity index (χ2n) is 7.26. The van der Waals surface area contributed by atoms with Crippen LogP contribution in [0.4, 0.5) is 0 Å². The Labute approximate surface area is 183 Å². The predicted octanol–water partition coefficient (Wildman–Crippen LogP) is 5.85. The van der Waals surface area contributed by atoms with E-state index < -0.39 is 0 Å². The third-order valence-electron chi connectivity index (χ3n) is 4.59. The number of ether oxygens (including phenoxy) is 4. The number of carbonyl (C=O) groups is 2. The van der Waals surface area contributed by atoms with Gasteiger partial charge in [0.1, 0.15) is 0 Å². The highest BCUT2D eigenvalue weighted by Gasteiger charge is 2.04. The van der Waals surface area contributed by atoms with Gasteiger partial charge in [-0.2, -0.15) is 0 Å². The SMILES string of the molecule is C=COCCCCOC(=O)CCCCCCCCCCC(=O)OCCCCOC=C. The number of unbranched alkanes of at least 4 members (excludes halogenated alkanes) is 9. The molecule has 0 aromatic heterocycles. The molecule has 0 rings (SSSR count). The second-order valence-corrected chi connectivity index (χ2v) is 7.26. The van der Waals surface area contributed by atoms with Crippen molar-refractivity contribution in [2.24, 2.45) is 0 Å². The van der Waals surface area contributed by atoms with Crippen LogP contribution in [-0.4, -0.2) is 38.4 Å². The van der Waals surface area contributed by atoms with Crippen LogP contribution in [0.25, 0.3) is 0 Å². The summed E-state index contributed by atoms with van der Waals surface area (Å²) in [6.07, 6.45) is 15.8. The molecule has 0 fully saturated rings. The zero-order chi connectivity index (χ0) is 22.1. The molecule has 0 aromatic rings. The maximum absolute atomic E-state index is 11.6. The van der Waals surface area contributed by atoms with E-state index in [1.54, 1.807) is 0 Å². The van der Waals surface area contributed by atoms with Crippen molar-refractivity contribution in [2.75, 3.05) is 26.4 Å². The Hall–Kier alpha value is -1.98. The van der Waals surface area contributed by atoms with Crippen LogP contribution < -0.4 is 0 Å². The zero-order valence-corrected chi connectivity index (χ0v) is 18.7. The topological polar surface area (TPSA) is 71.1 Å². The molecule has 0 radical (unpaired) electrons. The molecule has 0 atom stereocenters. The van der Waals surface area contributed by atoms with E-state index in [1.165, 1.54) is 25.4 Å².